The van der Waals surface area contributed by atoms with E-state index in [4.69, 9.17) is 4.74 Å². The fourth-order valence-electron chi connectivity index (χ4n) is 1.48. The number of aromatic nitrogens is 2. The van der Waals surface area contributed by atoms with Crippen LogP contribution in [0.3, 0.4) is 0 Å². The van der Waals surface area contributed by atoms with Crippen molar-refractivity contribution in [1.29, 1.82) is 0 Å². The van der Waals surface area contributed by atoms with Crippen LogP contribution in [0.2, 0.25) is 0 Å². The summed E-state index contributed by atoms with van der Waals surface area (Å²) in [5, 5.41) is 3.34. The minimum atomic E-state index is 0.263. The first-order valence-corrected chi connectivity index (χ1v) is 6.86. The van der Waals surface area contributed by atoms with Crippen molar-refractivity contribution in [1.82, 2.24) is 15.3 Å². The molecule has 0 unspecified atom stereocenters. The minimum absolute atomic E-state index is 0.263. The maximum Gasteiger partial charge on any atom is 0.225 e. The molecule has 1 N–H and O–H groups in total. The van der Waals surface area contributed by atoms with Crippen molar-refractivity contribution in [2.45, 2.75) is 46.4 Å². The number of rotatable bonds is 8. The first kappa shape index (κ1) is 15.9. The maximum atomic E-state index is 5.52. The van der Waals surface area contributed by atoms with Crippen LogP contribution >= 0.6 is 0 Å². The van der Waals surface area contributed by atoms with Crippen molar-refractivity contribution in [2.75, 3.05) is 25.1 Å². The number of hydrogen-bond acceptors (Lipinski definition) is 5. The summed E-state index contributed by atoms with van der Waals surface area (Å²) in [6.07, 6.45) is 4.01. The molecule has 0 saturated carbocycles. The Morgan fingerprint density at radius 2 is 1.84 bits per heavy atom. The molecule has 0 aromatic carbocycles. The quantitative estimate of drug-likeness (QED) is 0.778. The van der Waals surface area contributed by atoms with Gasteiger partial charge < -0.3 is 15.0 Å². The third kappa shape index (κ3) is 6.50. The molecule has 0 saturated heterocycles. The van der Waals surface area contributed by atoms with Crippen LogP contribution in [0.25, 0.3) is 0 Å². The van der Waals surface area contributed by atoms with Gasteiger partial charge in [-0.05, 0) is 13.8 Å². The van der Waals surface area contributed by atoms with Gasteiger partial charge in [-0.2, -0.15) is 0 Å². The van der Waals surface area contributed by atoms with E-state index in [2.05, 4.69) is 29.1 Å². The Kier molecular flexibility index (Phi) is 6.73. The molecule has 0 aliphatic rings. The van der Waals surface area contributed by atoms with E-state index in [0.29, 0.717) is 12.6 Å². The molecule has 0 spiro atoms. The SMILES string of the molecule is CC(C)NCc1cnc(N(C)CCOC(C)C)nc1. The fourth-order valence-corrected chi connectivity index (χ4v) is 1.48. The molecule has 19 heavy (non-hydrogen) atoms. The highest BCUT2D eigenvalue weighted by molar-refractivity contribution is 5.28. The van der Waals surface area contributed by atoms with Crippen LogP contribution < -0.4 is 10.2 Å². The van der Waals surface area contributed by atoms with E-state index in [9.17, 15) is 0 Å². The van der Waals surface area contributed by atoms with Crippen molar-refractivity contribution in [3.63, 3.8) is 0 Å². The number of hydrogen-bond donors (Lipinski definition) is 1. The van der Waals surface area contributed by atoms with Crippen molar-refractivity contribution in [3.05, 3.63) is 18.0 Å². The second kappa shape index (κ2) is 8.07. The standard InChI is InChI=1S/C14H26N4O/c1-11(2)15-8-13-9-16-14(17-10-13)18(5)6-7-19-12(3)4/h9-12,15H,6-8H2,1-5H3. The van der Waals surface area contributed by atoms with Gasteiger partial charge in [0.25, 0.3) is 0 Å². The zero-order valence-corrected chi connectivity index (χ0v) is 12.7. The van der Waals surface area contributed by atoms with Gasteiger partial charge in [-0.1, -0.05) is 13.8 Å². The van der Waals surface area contributed by atoms with Gasteiger partial charge in [0.15, 0.2) is 0 Å². The Balaban J connectivity index is 2.41. The first-order valence-electron chi connectivity index (χ1n) is 6.86. The van der Waals surface area contributed by atoms with Gasteiger partial charge >= 0.3 is 0 Å². The van der Waals surface area contributed by atoms with Crippen LogP contribution in [0.1, 0.15) is 33.3 Å². The number of likely N-dealkylation sites (N-methyl/N-ethyl adjacent to an activating group) is 1. The molecule has 0 amide bonds. The molecule has 5 heteroatoms. The van der Waals surface area contributed by atoms with Gasteiger partial charge in [-0.3, -0.25) is 0 Å². The van der Waals surface area contributed by atoms with E-state index in [1.54, 1.807) is 0 Å². The molecule has 0 aliphatic heterocycles. The van der Waals surface area contributed by atoms with Crippen LogP contribution in [-0.2, 0) is 11.3 Å². The van der Waals surface area contributed by atoms with Crippen LogP contribution in [0.5, 0.6) is 0 Å². The average molecular weight is 266 g/mol. The van der Waals surface area contributed by atoms with Crippen molar-refractivity contribution >= 4 is 5.95 Å². The molecule has 1 aromatic rings. The number of nitrogens with one attached hydrogen (secondary N) is 1. The average Bonchev–Trinajstić information content (AvgIpc) is 2.36. The number of nitrogens with zero attached hydrogens (tertiary/aromatic N) is 3. The molecule has 0 bridgehead atoms. The molecule has 0 fully saturated rings. The third-order valence-corrected chi connectivity index (χ3v) is 2.63. The van der Waals surface area contributed by atoms with Gasteiger partial charge in [-0.25, -0.2) is 9.97 Å². The zero-order valence-electron chi connectivity index (χ0n) is 12.7. The van der Waals surface area contributed by atoms with E-state index < -0.39 is 0 Å². The summed E-state index contributed by atoms with van der Waals surface area (Å²) >= 11 is 0. The minimum Gasteiger partial charge on any atom is -0.377 e. The Morgan fingerprint density at radius 3 is 2.37 bits per heavy atom. The molecule has 0 radical (unpaired) electrons. The topological polar surface area (TPSA) is 50.3 Å². The van der Waals surface area contributed by atoms with E-state index in [0.717, 1.165) is 24.6 Å². The summed E-state index contributed by atoms with van der Waals surface area (Å²) < 4.78 is 5.52. The first-order chi connectivity index (χ1) is 8.99. The summed E-state index contributed by atoms with van der Waals surface area (Å²) in [7, 11) is 1.98. The lowest BCUT2D eigenvalue weighted by Gasteiger charge is -2.18. The highest BCUT2D eigenvalue weighted by Crippen LogP contribution is 2.05. The van der Waals surface area contributed by atoms with Crippen LogP contribution in [0.4, 0.5) is 5.95 Å². The molecule has 1 aromatic heterocycles. The number of anilines is 1. The smallest absolute Gasteiger partial charge is 0.225 e. The summed E-state index contributed by atoms with van der Waals surface area (Å²) in [6, 6.07) is 0.468. The van der Waals surface area contributed by atoms with E-state index in [-0.39, 0.29) is 6.10 Å². The van der Waals surface area contributed by atoms with Gasteiger partial charge in [0.05, 0.1) is 12.7 Å². The predicted molar refractivity (Wildman–Crippen MR) is 78.4 cm³/mol. The highest BCUT2D eigenvalue weighted by atomic mass is 16.5. The Morgan fingerprint density at radius 1 is 1.21 bits per heavy atom. The second-order valence-corrected chi connectivity index (χ2v) is 5.27. The monoisotopic (exact) mass is 266 g/mol. The van der Waals surface area contributed by atoms with E-state index in [1.807, 2.05) is 38.2 Å². The Bertz CT molecular complexity index is 351. The van der Waals surface area contributed by atoms with Gasteiger partial charge in [0.1, 0.15) is 0 Å². The molecule has 1 heterocycles. The fraction of sp³-hybridized carbons (Fsp3) is 0.714. The second-order valence-electron chi connectivity index (χ2n) is 5.27. The zero-order chi connectivity index (χ0) is 14.3. The molecule has 0 atom stereocenters. The number of ether oxygens (including phenoxy) is 1. The molecule has 108 valence electrons. The normalized spacial score (nSPS) is 11.3. The van der Waals surface area contributed by atoms with Crippen molar-refractivity contribution in [3.8, 4) is 0 Å². The molecular formula is C14H26N4O. The largest absolute Gasteiger partial charge is 0.377 e. The highest BCUT2D eigenvalue weighted by Gasteiger charge is 2.05. The molecule has 5 nitrogen and oxygen atoms in total. The third-order valence-electron chi connectivity index (χ3n) is 2.63. The van der Waals surface area contributed by atoms with Crippen LogP contribution in [0, 0.1) is 0 Å². The lowest BCUT2D eigenvalue weighted by Crippen LogP contribution is -2.26. The summed E-state index contributed by atoms with van der Waals surface area (Å²) in [6.45, 7) is 10.6. The van der Waals surface area contributed by atoms with Crippen LogP contribution in [-0.4, -0.2) is 42.3 Å². The van der Waals surface area contributed by atoms with Crippen molar-refractivity contribution in [2.24, 2.45) is 0 Å². The van der Waals surface area contributed by atoms with Crippen molar-refractivity contribution < 1.29 is 4.74 Å². The van der Waals surface area contributed by atoms with Gasteiger partial charge in [0.2, 0.25) is 5.95 Å². The predicted octanol–water partition coefficient (Wildman–Crippen LogP) is 1.84. The van der Waals surface area contributed by atoms with E-state index in [1.165, 1.54) is 0 Å². The molecular weight excluding hydrogens is 240 g/mol. The van der Waals surface area contributed by atoms with Crippen LogP contribution in [0.15, 0.2) is 12.4 Å². The Hall–Kier alpha value is -1.20. The molecule has 0 aliphatic carbocycles. The lowest BCUT2D eigenvalue weighted by atomic mass is 10.3. The van der Waals surface area contributed by atoms with Gasteiger partial charge in [-0.15, -0.1) is 0 Å². The lowest BCUT2D eigenvalue weighted by molar-refractivity contribution is 0.0844. The van der Waals surface area contributed by atoms with Gasteiger partial charge in [0, 0.05) is 44.1 Å². The maximum absolute atomic E-state index is 5.52. The Labute approximate surface area is 116 Å². The molecule has 1 rings (SSSR count). The summed E-state index contributed by atoms with van der Waals surface area (Å²) in [5.41, 5.74) is 1.10. The summed E-state index contributed by atoms with van der Waals surface area (Å²) in [5.74, 6) is 0.737. The summed E-state index contributed by atoms with van der Waals surface area (Å²) in [4.78, 5) is 10.7. The van der Waals surface area contributed by atoms with E-state index >= 15 is 0 Å².